The Balaban J connectivity index is 1.55. The molecule has 2 aliphatic heterocycles. The maximum absolute atomic E-state index is 11.9. The van der Waals surface area contributed by atoms with Crippen LogP contribution in [0.5, 0.6) is 5.75 Å². The van der Waals surface area contributed by atoms with Gasteiger partial charge in [-0.05, 0) is 79.5 Å². The van der Waals surface area contributed by atoms with Crippen LogP contribution in [0.4, 0.5) is 0 Å². The van der Waals surface area contributed by atoms with Gasteiger partial charge in [-0.3, -0.25) is 4.79 Å². The molecular weight excluding hydrogens is 384 g/mol. The molecule has 1 fully saturated rings. The Morgan fingerprint density at radius 2 is 1.90 bits per heavy atom. The van der Waals surface area contributed by atoms with E-state index in [-0.39, 0.29) is 5.91 Å². The molecule has 2 aromatic rings. The zero-order valence-electron chi connectivity index (χ0n) is 19.5. The highest BCUT2D eigenvalue weighted by Crippen LogP contribution is 2.37. The van der Waals surface area contributed by atoms with Gasteiger partial charge in [0.25, 0.3) is 0 Å². The van der Waals surface area contributed by atoms with Gasteiger partial charge in [0, 0.05) is 38.2 Å². The van der Waals surface area contributed by atoms with E-state index in [0.29, 0.717) is 5.92 Å². The summed E-state index contributed by atoms with van der Waals surface area (Å²) in [7, 11) is 1.75. The fourth-order valence-corrected chi connectivity index (χ4v) is 5.22. The molecule has 31 heavy (non-hydrogen) atoms. The number of benzene rings is 2. The third kappa shape index (κ3) is 4.79. The second-order valence-corrected chi connectivity index (χ2v) is 9.34. The molecule has 4 rings (SSSR count). The van der Waals surface area contributed by atoms with Gasteiger partial charge >= 0.3 is 0 Å². The molecule has 1 amide bonds. The normalized spacial score (nSPS) is 21.6. The number of nitrogens with zero attached hydrogens (tertiary/aromatic N) is 2. The first-order chi connectivity index (χ1) is 15.0. The number of hydrogen-bond acceptors (Lipinski definition) is 3. The first kappa shape index (κ1) is 21.9. The summed E-state index contributed by atoms with van der Waals surface area (Å²) in [5.41, 5.74) is 6.36. The lowest BCUT2D eigenvalue weighted by Crippen LogP contribution is -2.32. The van der Waals surface area contributed by atoms with Gasteiger partial charge in [0.15, 0.2) is 0 Å². The van der Waals surface area contributed by atoms with Gasteiger partial charge in [-0.2, -0.15) is 0 Å². The summed E-state index contributed by atoms with van der Waals surface area (Å²) in [6.07, 6.45) is 4.65. The van der Waals surface area contributed by atoms with Crippen molar-refractivity contribution in [2.45, 2.75) is 58.4 Å². The van der Waals surface area contributed by atoms with E-state index in [1.165, 1.54) is 41.6 Å². The van der Waals surface area contributed by atoms with E-state index >= 15 is 0 Å². The van der Waals surface area contributed by atoms with Crippen LogP contribution in [0.25, 0.3) is 11.1 Å². The standard InChI is InChI=1S/C27H36N2O2/c1-19-18-29(21(3)30)15-12-24-16-27(31-4)26(17-25(19)24)23-9-7-22(8-10-23)11-14-28-13-5-6-20(28)2/h7-10,16-17,19-20H,5-6,11-15,18H2,1-4H3. The van der Waals surface area contributed by atoms with Gasteiger partial charge in [-0.1, -0.05) is 31.2 Å². The Bertz CT molecular complexity index is 922. The van der Waals surface area contributed by atoms with Crippen LogP contribution in [0.3, 0.4) is 0 Å². The first-order valence-electron chi connectivity index (χ1n) is 11.8. The minimum absolute atomic E-state index is 0.158. The Hall–Kier alpha value is -2.33. The predicted molar refractivity (Wildman–Crippen MR) is 127 cm³/mol. The Morgan fingerprint density at radius 1 is 1.13 bits per heavy atom. The first-order valence-corrected chi connectivity index (χ1v) is 11.8. The van der Waals surface area contributed by atoms with E-state index < -0.39 is 0 Å². The molecular formula is C27H36N2O2. The third-order valence-electron chi connectivity index (χ3n) is 7.23. The SMILES string of the molecule is COc1cc2c(cc1-c1ccc(CCN3CCCC3C)cc1)C(C)CN(C(C)=O)CC2. The van der Waals surface area contributed by atoms with Crippen molar-refractivity contribution in [2.24, 2.45) is 0 Å². The quantitative estimate of drug-likeness (QED) is 0.690. The highest BCUT2D eigenvalue weighted by Gasteiger charge is 2.24. The van der Waals surface area contributed by atoms with Crippen molar-refractivity contribution in [3.63, 3.8) is 0 Å². The maximum Gasteiger partial charge on any atom is 0.219 e. The van der Waals surface area contributed by atoms with E-state index in [4.69, 9.17) is 4.74 Å². The lowest BCUT2D eigenvalue weighted by molar-refractivity contribution is -0.128. The fourth-order valence-electron chi connectivity index (χ4n) is 5.22. The molecule has 4 nitrogen and oxygen atoms in total. The molecule has 0 saturated carbocycles. The van der Waals surface area contributed by atoms with E-state index in [1.807, 2.05) is 4.90 Å². The van der Waals surface area contributed by atoms with Gasteiger partial charge in [0.05, 0.1) is 7.11 Å². The number of carbonyl (C=O) groups excluding carboxylic acids is 1. The van der Waals surface area contributed by atoms with E-state index in [1.54, 1.807) is 14.0 Å². The molecule has 2 aromatic carbocycles. The Labute approximate surface area is 187 Å². The zero-order chi connectivity index (χ0) is 22.0. The smallest absolute Gasteiger partial charge is 0.219 e. The average Bonchev–Trinajstić information content (AvgIpc) is 3.11. The Morgan fingerprint density at radius 3 is 2.55 bits per heavy atom. The maximum atomic E-state index is 11.9. The molecule has 2 unspecified atom stereocenters. The summed E-state index contributed by atoms with van der Waals surface area (Å²) in [5, 5.41) is 0. The van der Waals surface area contributed by atoms with Crippen LogP contribution < -0.4 is 4.74 Å². The molecule has 0 spiro atoms. The fraction of sp³-hybridized carbons (Fsp3) is 0.519. The van der Waals surface area contributed by atoms with Gasteiger partial charge in [-0.25, -0.2) is 0 Å². The summed E-state index contributed by atoms with van der Waals surface area (Å²) in [6.45, 7) is 10.2. The topological polar surface area (TPSA) is 32.8 Å². The number of rotatable bonds is 5. The highest BCUT2D eigenvalue weighted by atomic mass is 16.5. The summed E-state index contributed by atoms with van der Waals surface area (Å²) in [6, 6.07) is 14.2. The second-order valence-electron chi connectivity index (χ2n) is 9.34. The molecule has 0 aliphatic carbocycles. The largest absolute Gasteiger partial charge is 0.496 e. The minimum Gasteiger partial charge on any atom is -0.496 e. The molecule has 0 bridgehead atoms. The van der Waals surface area contributed by atoms with Crippen LogP contribution >= 0.6 is 0 Å². The zero-order valence-corrected chi connectivity index (χ0v) is 19.5. The van der Waals surface area contributed by atoms with E-state index in [2.05, 4.69) is 55.1 Å². The van der Waals surface area contributed by atoms with Crippen molar-refractivity contribution in [1.82, 2.24) is 9.80 Å². The summed E-state index contributed by atoms with van der Waals surface area (Å²) >= 11 is 0. The molecule has 0 N–H and O–H groups in total. The van der Waals surface area contributed by atoms with Crippen LogP contribution in [0.15, 0.2) is 36.4 Å². The molecule has 0 aromatic heterocycles. The van der Waals surface area contributed by atoms with Crippen LogP contribution in [0.1, 0.15) is 56.2 Å². The van der Waals surface area contributed by atoms with Crippen molar-refractivity contribution >= 4 is 5.91 Å². The van der Waals surface area contributed by atoms with Crippen molar-refractivity contribution in [1.29, 1.82) is 0 Å². The lowest BCUT2D eigenvalue weighted by atomic mass is 9.90. The van der Waals surface area contributed by atoms with Crippen molar-refractivity contribution < 1.29 is 9.53 Å². The molecule has 2 heterocycles. The van der Waals surface area contributed by atoms with Gasteiger partial charge < -0.3 is 14.5 Å². The summed E-state index contributed by atoms with van der Waals surface area (Å²) < 4.78 is 5.79. The average molecular weight is 421 g/mol. The van der Waals surface area contributed by atoms with Gasteiger partial charge in [0.1, 0.15) is 5.75 Å². The van der Waals surface area contributed by atoms with E-state index in [9.17, 15) is 4.79 Å². The van der Waals surface area contributed by atoms with Crippen LogP contribution in [-0.4, -0.2) is 55.0 Å². The van der Waals surface area contributed by atoms with Crippen molar-refractivity contribution in [3.8, 4) is 16.9 Å². The van der Waals surface area contributed by atoms with Crippen molar-refractivity contribution in [3.05, 3.63) is 53.1 Å². The van der Waals surface area contributed by atoms with Crippen LogP contribution in [-0.2, 0) is 17.6 Å². The number of ether oxygens (including phenoxy) is 1. The van der Waals surface area contributed by atoms with Gasteiger partial charge in [0.2, 0.25) is 5.91 Å². The molecule has 4 heteroatoms. The summed E-state index contributed by atoms with van der Waals surface area (Å²) in [4.78, 5) is 16.5. The summed E-state index contributed by atoms with van der Waals surface area (Å²) in [5.74, 6) is 1.39. The molecule has 0 radical (unpaired) electrons. The monoisotopic (exact) mass is 420 g/mol. The van der Waals surface area contributed by atoms with E-state index in [0.717, 1.165) is 49.8 Å². The Kier molecular flexibility index (Phi) is 6.66. The molecule has 166 valence electrons. The predicted octanol–water partition coefficient (Wildman–Crippen LogP) is 4.90. The number of fused-ring (bicyclic) bond motifs is 1. The van der Waals surface area contributed by atoms with Crippen LogP contribution in [0, 0.1) is 0 Å². The van der Waals surface area contributed by atoms with Gasteiger partial charge in [-0.15, -0.1) is 0 Å². The molecule has 2 atom stereocenters. The number of hydrogen-bond donors (Lipinski definition) is 0. The van der Waals surface area contributed by atoms with Crippen LogP contribution in [0.2, 0.25) is 0 Å². The number of methoxy groups -OCH3 is 1. The second kappa shape index (κ2) is 9.44. The minimum atomic E-state index is 0.158. The molecule has 1 saturated heterocycles. The lowest BCUT2D eigenvalue weighted by Gasteiger charge is -2.22. The number of carbonyl (C=O) groups is 1. The number of amides is 1. The number of likely N-dealkylation sites (tertiary alicyclic amines) is 1. The third-order valence-corrected chi connectivity index (χ3v) is 7.23. The molecule has 2 aliphatic rings. The highest BCUT2D eigenvalue weighted by molar-refractivity contribution is 5.75. The van der Waals surface area contributed by atoms with Crippen molar-refractivity contribution in [2.75, 3.05) is 33.3 Å².